The van der Waals surface area contributed by atoms with Gasteiger partial charge in [0.05, 0.1) is 12.1 Å². The molecule has 0 bridgehead atoms. The third-order valence-electron chi connectivity index (χ3n) is 4.12. The zero-order valence-electron chi connectivity index (χ0n) is 15.3. The van der Waals surface area contributed by atoms with Crippen LogP contribution in [0.3, 0.4) is 0 Å². The number of carbonyl (C=O) groups is 1. The van der Waals surface area contributed by atoms with E-state index >= 15 is 0 Å². The summed E-state index contributed by atoms with van der Waals surface area (Å²) in [7, 11) is 1.32. The van der Waals surface area contributed by atoms with E-state index < -0.39 is 35.5 Å². The molecule has 0 saturated carbocycles. The highest BCUT2D eigenvalue weighted by molar-refractivity contribution is 6.00. The molecule has 30 heavy (non-hydrogen) atoms. The quantitative estimate of drug-likeness (QED) is 0.545. The number of halogens is 6. The number of hydrogen-bond acceptors (Lipinski definition) is 4. The number of aromatic nitrogens is 2. The van der Waals surface area contributed by atoms with E-state index in [9.17, 15) is 31.1 Å². The maximum Gasteiger partial charge on any atom is 0.455 e. The summed E-state index contributed by atoms with van der Waals surface area (Å²) in [5.41, 5.74) is 0.0569. The number of carbonyl (C=O) groups excluding carboxylic acids is 1. The van der Waals surface area contributed by atoms with E-state index in [2.05, 4.69) is 14.7 Å². The van der Waals surface area contributed by atoms with Crippen molar-refractivity contribution in [2.75, 3.05) is 7.05 Å². The monoisotopic (exact) mass is 429 g/mol. The molecule has 5 nitrogen and oxygen atoms in total. The van der Waals surface area contributed by atoms with Crippen LogP contribution in [0, 0.1) is 0 Å². The van der Waals surface area contributed by atoms with Crippen LogP contribution in [0.1, 0.15) is 27.6 Å². The van der Waals surface area contributed by atoms with E-state index in [1.165, 1.54) is 25.2 Å². The normalized spacial score (nSPS) is 12.1. The minimum absolute atomic E-state index is 0.148. The van der Waals surface area contributed by atoms with Gasteiger partial charge in [0.1, 0.15) is 0 Å². The van der Waals surface area contributed by atoms with Crippen LogP contribution in [-0.2, 0) is 18.9 Å². The second-order valence-corrected chi connectivity index (χ2v) is 6.29. The van der Waals surface area contributed by atoms with Crippen LogP contribution in [0.15, 0.2) is 53.1 Å². The van der Waals surface area contributed by atoms with Crippen molar-refractivity contribution in [3.05, 3.63) is 71.4 Å². The zero-order valence-corrected chi connectivity index (χ0v) is 15.3. The van der Waals surface area contributed by atoms with Gasteiger partial charge in [-0.1, -0.05) is 35.5 Å². The highest BCUT2D eigenvalue weighted by atomic mass is 19.4. The molecule has 11 heteroatoms. The van der Waals surface area contributed by atoms with E-state index in [4.69, 9.17) is 0 Å². The van der Waals surface area contributed by atoms with E-state index in [0.717, 1.165) is 17.0 Å². The lowest BCUT2D eigenvalue weighted by atomic mass is 9.98. The Morgan fingerprint density at radius 1 is 0.967 bits per heavy atom. The third-order valence-corrected chi connectivity index (χ3v) is 4.12. The Balaban J connectivity index is 1.84. The Hall–Kier alpha value is -3.37. The molecule has 0 atom stereocenters. The molecule has 0 aliphatic rings. The molecule has 0 fully saturated rings. The van der Waals surface area contributed by atoms with Crippen LogP contribution in [-0.4, -0.2) is 28.0 Å². The summed E-state index contributed by atoms with van der Waals surface area (Å²) in [4.78, 5) is 17.1. The lowest BCUT2D eigenvalue weighted by Gasteiger charge is -2.17. The summed E-state index contributed by atoms with van der Waals surface area (Å²) >= 11 is 0. The molecule has 0 unspecified atom stereocenters. The van der Waals surface area contributed by atoms with Gasteiger partial charge >= 0.3 is 12.4 Å². The summed E-state index contributed by atoms with van der Waals surface area (Å²) in [6, 6.07) is 10.5. The summed E-state index contributed by atoms with van der Waals surface area (Å²) < 4.78 is 80.5. The summed E-state index contributed by atoms with van der Waals surface area (Å²) in [5, 5.41) is 2.82. The fraction of sp³-hybridized carbons (Fsp3) is 0.211. The second-order valence-electron chi connectivity index (χ2n) is 6.29. The molecule has 0 N–H and O–H groups in total. The number of benzene rings is 2. The van der Waals surface area contributed by atoms with Crippen molar-refractivity contribution in [3.8, 4) is 11.1 Å². The largest absolute Gasteiger partial charge is 0.455 e. The molecule has 3 rings (SSSR count). The van der Waals surface area contributed by atoms with Crippen LogP contribution in [0.4, 0.5) is 26.3 Å². The smallest absolute Gasteiger partial charge is 0.337 e. The molecule has 3 aromatic rings. The molecule has 158 valence electrons. The van der Waals surface area contributed by atoms with Crippen molar-refractivity contribution < 1.29 is 35.7 Å². The van der Waals surface area contributed by atoms with Gasteiger partial charge in [-0.15, -0.1) is 0 Å². The molecule has 0 radical (unpaired) electrons. The topological polar surface area (TPSA) is 59.2 Å². The number of amides is 1. The van der Waals surface area contributed by atoms with Crippen LogP contribution in [0.5, 0.6) is 0 Å². The minimum atomic E-state index is -4.78. The van der Waals surface area contributed by atoms with Gasteiger partial charge in [-0.25, -0.2) is 0 Å². The third kappa shape index (κ3) is 4.61. The molecule has 1 aromatic heterocycles. The van der Waals surface area contributed by atoms with E-state index in [0.29, 0.717) is 11.1 Å². The summed E-state index contributed by atoms with van der Waals surface area (Å²) in [6.07, 6.45) is -9.27. The predicted molar refractivity (Wildman–Crippen MR) is 92.0 cm³/mol. The highest BCUT2D eigenvalue weighted by Crippen LogP contribution is 2.32. The molecule has 2 aromatic carbocycles. The van der Waals surface area contributed by atoms with Gasteiger partial charge in [-0.05, 0) is 29.3 Å². The van der Waals surface area contributed by atoms with Crippen molar-refractivity contribution >= 4 is 5.91 Å². The fourth-order valence-electron chi connectivity index (χ4n) is 2.67. The first kappa shape index (κ1) is 21.3. The van der Waals surface area contributed by atoms with Crippen molar-refractivity contribution in [2.45, 2.75) is 18.9 Å². The van der Waals surface area contributed by atoms with Crippen molar-refractivity contribution in [2.24, 2.45) is 0 Å². The maximum absolute atomic E-state index is 12.8. The lowest BCUT2D eigenvalue weighted by Crippen LogP contribution is -2.27. The van der Waals surface area contributed by atoms with Crippen molar-refractivity contribution in [1.29, 1.82) is 0 Å². The van der Waals surface area contributed by atoms with E-state index in [1.807, 2.05) is 0 Å². The van der Waals surface area contributed by atoms with Crippen molar-refractivity contribution in [1.82, 2.24) is 15.0 Å². The predicted octanol–water partition coefficient (Wildman–Crippen LogP) is 5.05. The summed E-state index contributed by atoms with van der Waals surface area (Å²) in [5.74, 6) is -2.45. The van der Waals surface area contributed by atoms with Crippen LogP contribution >= 0.6 is 0 Å². The van der Waals surface area contributed by atoms with Gasteiger partial charge in [-0.3, -0.25) is 4.79 Å². The molecular weight excluding hydrogens is 416 g/mol. The first-order valence-electron chi connectivity index (χ1n) is 8.38. The molecule has 0 aliphatic carbocycles. The summed E-state index contributed by atoms with van der Waals surface area (Å²) in [6.45, 7) is -0.386. The van der Waals surface area contributed by atoms with Crippen LogP contribution in [0.25, 0.3) is 11.1 Å². The van der Waals surface area contributed by atoms with Crippen LogP contribution in [0.2, 0.25) is 0 Å². The number of alkyl halides is 6. The van der Waals surface area contributed by atoms with Crippen LogP contribution < -0.4 is 0 Å². The minimum Gasteiger partial charge on any atom is -0.337 e. The second kappa shape index (κ2) is 7.81. The average Bonchev–Trinajstić information content (AvgIpc) is 3.16. The molecule has 0 spiro atoms. The highest BCUT2D eigenvalue weighted by Gasteiger charge is 2.37. The first-order chi connectivity index (χ1) is 14.0. The number of hydrogen-bond donors (Lipinski definition) is 0. The lowest BCUT2D eigenvalue weighted by molar-refractivity contribution is -0.146. The van der Waals surface area contributed by atoms with Gasteiger partial charge in [0, 0.05) is 12.6 Å². The SMILES string of the molecule is CN(Cc1nc(C(F)(F)F)no1)C(=O)c1ccccc1-c1ccc(C(F)(F)F)cc1. The zero-order chi connectivity index (χ0) is 22.1. The fourth-order valence-corrected chi connectivity index (χ4v) is 2.67. The standard InChI is InChI=1S/C19H13F6N3O2/c1-28(10-15-26-17(27-30-15)19(23,24)25)16(29)14-5-3-2-4-13(14)11-6-8-12(9-7-11)18(20,21)22/h2-9H,10H2,1H3. The van der Waals surface area contributed by atoms with Gasteiger partial charge in [0.25, 0.3) is 11.7 Å². The molecule has 1 heterocycles. The first-order valence-corrected chi connectivity index (χ1v) is 8.38. The Morgan fingerprint density at radius 3 is 2.17 bits per heavy atom. The molecule has 0 saturated heterocycles. The van der Waals surface area contributed by atoms with E-state index in [-0.39, 0.29) is 12.1 Å². The van der Waals surface area contributed by atoms with E-state index in [1.54, 1.807) is 18.2 Å². The Kier molecular flexibility index (Phi) is 5.55. The average molecular weight is 429 g/mol. The Labute approximate surface area is 165 Å². The number of nitrogens with zero attached hydrogens (tertiary/aromatic N) is 3. The molecule has 1 amide bonds. The molecular formula is C19H13F6N3O2. The molecule has 0 aliphatic heterocycles. The van der Waals surface area contributed by atoms with Gasteiger partial charge in [0.2, 0.25) is 5.89 Å². The van der Waals surface area contributed by atoms with Gasteiger partial charge < -0.3 is 9.42 Å². The van der Waals surface area contributed by atoms with Gasteiger partial charge in [0.15, 0.2) is 0 Å². The Bertz CT molecular complexity index is 1040. The Morgan fingerprint density at radius 2 is 1.60 bits per heavy atom. The van der Waals surface area contributed by atoms with Crippen molar-refractivity contribution in [3.63, 3.8) is 0 Å². The maximum atomic E-state index is 12.8. The number of rotatable bonds is 4. The van der Waals surface area contributed by atoms with Gasteiger partial charge in [-0.2, -0.15) is 31.3 Å².